The second kappa shape index (κ2) is 2.90. The van der Waals surface area contributed by atoms with Crippen molar-refractivity contribution in [2.45, 2.75) is 12.6 Å². The number of rotatable bonds is 2. The predicted molar refractivity (Wildman–Crippen MR) is 53.6 cm³/mol. The van der Waals surface area contributed by atoms with E-state index in [1.165, 1.54) is 11.3 Å². The van der Waals surface area contributed by atoms with Crippen LogP contribution in [0, 0.1) is 0 Å². The predicted octanol–water partition coefficient (Wildman–Crippen LogP) is 0.857. The Bertz CT molecular complexity index is 527. The summed E-state index contributed by atoms with van der Waals surface area (Å²) >= 11 is 1.49. The van der Waals surface area contributed by atoms with Crippen LogP contribution in [0.1, 0.15) is 0 Å². The molecule has 1 aliphatic rings. The number of thiophene rings is 1. The van der Waals surface area contributed by atoms with Crippen molar-refractivity contribution in [2.75, 3.05) is 6.61 Å². The molecule has 1 atom stereocenters. The van der Waals surface area contributed by atoms with E-state index in [-0.39, 0.29) is 11.7 Å². The molecular weight excluding hydrogens is 200 g/mol. The Morgan fingerprint density at radius 2 is 2.57 bits per heavy atom. The second-order valence-electron chi connectivity index (χ2n) is 3.30. The molecule has 0 N–H and O–H groups in total. The maximum atomic E-state index is 11.8. The minimum absolute atomic E-state index is 0.0340. The Hall–Kier alpha value is -1.20. The van der Waals surface area contributed by atoms with Gasteiger partial charge >= 0.3 is 0 Å². The van der Waals surface area contributed by atoms with Gasteiger partial charge in [-0.2, -0.15) is 0 Å². The molecule has 0 saturated carbocycles. The van der Waals surface area contributed by atoms with Gasteiger partial charge in [-0.1, -0.05) is 0 Å². The fourth-order valence-corrected chi connectivity index (χ4v) is 2.14. The summed E-state index contributed by atoms with van der Waals surface area (Å²) in [4.78, 5) is 16.8. The minimum atomic E-state index is 0.0340. The van der Waals surface area contributed by atoms with Crippen molar-refractivity contribution >= 4 is 21.6 Å². The molecule has 14 heavy (non-hydrogen) atoms. The zero-order chi connectivity index (χ0) is 9.54. The largest absolute Gasteiger partial charge is 0.371 e. The molecule has 1 aliphatic heterocycles. The van der Waals surface area contributed by atoms with Crippen molar-refractivity contribution in [3.05, 3.63) is 28.1 Å². The van der Waals surface area contributed by atoms with Crippen molar-refractivity contribution in [3.8, 4) is 0 Å². The molecule has 0 spiro atoms. The Morgan fingerprint density at radius 3 is 3.36 bits per heavy atom. The minimum Gasteiger partial charge on any atom is -0.371 e. The Kier molecular flexibility index (Phi) is 1.68. The lowest BCUT2D eigenvalue weighted by Gasteiger charge is -2.00. The maximum Gasteiger partial charge on any atom is 0.262 e. The van der Waals surface area contributed by atoms with Gasteiger partial charge in [-0.05, 0) is 11.4 Å². The van der Waals surface area contributed by atoms with E-state index in [2.05, 4.69) is 4.98 Å². The summed E-state index contributed by atoms with van der Waals surface area (Å²) in [5.41, 5.74) is 0.0340. The average molecular weight is 208 g/mol. The van der Waals surface area contributed by atoms with Crippen molar-refractivity contribution in [2.24, 2.45) is 0 Å². The summed E-state index contributed by atoms with van der Waals surface area (Å²) in [6.45, 7) is 1.38. The number of hydrogen-bond acceptors (Lipinski definition) is 4. The Morgan fingerprint density at radius 1 is 1.71 bits per heavy atom. The third kappa shape index (κ3) is 1.25. The molecule has 5 heteroatoms. The van der Waals surface area contributed by atoms with Crippen molar-refractivity contribution in [3.63, 3.8) is 0 Å². The van der Waals surface area contributed by atoms with Crippen LogP contribution in [-0.2, 0) is 11.3 Å². The van der Waals surface area contributed by atoms with Crippen LogP contribution in [0.5, 0.6) is 0 Å². The van der Waals surface area contributed by atoms with Crippen LogP contribution < -0.4 is 5.56 Å². The van der Waals surface area contributed by atoms with E-state index in [4.69, 9.17) is 4.74 Å². The van der Waals surface area contributed by atoms with E-state index in [9.17, 15) is 4.79 Å². The Labute approximate surface area is 83.8 Å². The number of nitrogens with zero attached hydrogens (tertiary/aromatic N) is 2. The number of hydrogen-bond donors (Lipinski definition) is 0. The third-order valence-corrected chi connectivity index (χ3v) is 3.07. The fraction of sp³-hybridized carbons (Fsp3) is 0.333. The molecule has 1 unspecified atom stereocenters. The van der Waals surface area contributed by atoms with E-state index in [0.717, 1.165) is 11.4 Å². The van der Waals surface area contributed by atoms with Gasteiger partial charge in [-0.15, -0.1) is 11.3 Å². The number of aromatic nitrogens is 2. The first-order valence-electron chi connectivity index (χ1n) is 4.39. The summed E-state index contributed by atoms with van der Waals surface area (Å²) < 4.78 is 6.69. The topological polar surface area (TPSA) is 47.4 Å². The molecule has 1 fully saturated rings. The highest BCUT2D eigenvalue weighted by molar-refractivity contribution is 7.16. The molecule has 2 aromatic rings. The van der Waals surface area contributed by atoms with E-state index in [0.29, 0.717) is 11.9 Å². The zero-order valence-electron chi connectivity index (χ0n) is 7.34. The van der Waals surface area contributed by atoms with Gasteiger partial charge in [0.15, 0.2) is 0 Å². The molecule has 72 valence electrons. The Balaban J connectivity index is 2.14. The van der Waals surface area contributed by atoms with E-state index in [1.54, 1.807) is 10.9 Å². The normalized spacial score (nSPS) is 20.1. The number of fused-ring (bicyclic) bond motifs is 1. The van der Waals surface area contributed by atoms with Crippen LogP contribution >= 0.6 is 11.3 Å². The lowest BCUT2D eigenvalue weighted by atomic mass is 10.4. The molecule has 2 aromatic heterocycles. The van der Waals surface area contributed by atoms with Crippen LogP contribution in [0.2, 0.25) is 0 Å². The average Bonchev–Trinajstić information content (AvgIpc) is 2.85. The zero-order valence-corrected chi connectivity index (χ0v) is 8.16. The van der Waals surface area contributed by atoms with Crippen LogP contribution in [0.25, 0.3) is 10.2 Å². The lowest BCUT2D eigenvalue weighted by Crippen LogP contribution is -2.22. The summed E-state index contributed by atoms with van der Waals surface area (Å²) in [7, 11) is 0. The first-order chi connectivity index (χ1) is 6.84. The highest BCUT2D eigenvalue weighted by Crippen LogP contribution is 2.15. The standard InChI is InChI=1S/C9H8N2O2S/c12-9-7-1-2-14-8(7)10-5-11(9)3-6-4-13-6/h1-2,5-6H,3-4H2. The smallest absolute Gasteiger partial charge is 0.262 e. The van der Waals surface area contributed by atoms with Crippen molar-refractivity contribution in [1.82, 2.24) is 9.55 Å². The van der Waals surface area contributed by atoms with Gasteiger partial charge in [0.05, 0.1) is 31.0 Å². The van der Waals surface area contributed by atoms with E-state index >= 15 is 0 Å². The number of epoxide rings is 1. The molecule has 1 saturated heterocycles. The highest BCUT2D eigenvalue weighted by atomic mass is 32.1. The molecule has 3 heterocycles. The van der Waals surface area contributed by atoms with Crippen molar-refractivity contribution in [1.29, 1.82) is 0 Å². The summed E-state index contributed by atoms with van der Waals surface area (Å²) in [6.07, 6.45) is 1.81. The fourth-order valence-electron chi connectivity index (χ4n) is 1.42. The number of ether oxygens (including phenoxy) is 1. The first kappa shape index (κ1) is 8.14. The van der Waals surface area contributed by atoms with Gasteiger partial charge in [0, 0.05) is 0 Å². The van der Waals surface area contributed by atoms with Gasteiger partial charge in [0.2, 0.25) is 0 Å². The molecular formula is C9H8N2O2S. The second-order valence-corrected chi connectivity index (χ2v) is 4.19. The SMILES string of the molecule is O=c1c2ccsc2ncn1CC1CO1. The molecule has 0 bridgehead atoms. The summed E-state index contributed by atoms with van der Waals surface area (Å²) in [5.74, 6) is 0. The lowest BCUT2D eigenvalue weighted by molar-refractivity contribution is 0.380. The summed E-state index contributed by atoms with van der Waals surface area (Å²) in [5, 5.41) is 2.59. The van der Waals surface area contributed by atoms with Crippen molar-refractivity contribution < 1.29 is 4.74 Å². The molecule has 0 aromatic carbocycles. The maximum absolute atomic E-state index is 11.8. The van der Waals surface area contributed by atoms with Gasteiger partial charge in [-0.3, -0.25) is 9.36 Å². The quantitative estimate of drug-likeness (QED) is 0.687. The highest BCUT2D eigenvalue weighted by Gasteiger charge is 2.23. The van der Waals surface area contributed by atoms with Gasteiger partial charge < -0.3 is 4.74 Å². The van der Waals surface area contributed by atoms with Crippen LogP contribution in [0.15, 0.2) is 22.6 Å². The third-order valence-electron chi connectivity index (χ3n) is 2.25. The molecule has 0 aliphatic carbocycles. The first-order valence-corrected chi connectivity index (χ1v) is 5.27. The van der Waals surface area contributed by atoms with Gasteiger partial charge in [0.1, 0.15) is 4.83 Å². The van der Waals surface area contributed by atoms with Crippen LogP contribution in [0.4, 0.5) is 0 Å². The molecule has 0 amide bonds. The van der Waals surface area contributed by atoms with E-state index < -0.39 is 0 Å². The van der Waals surface area contributed by atoms with Crippen LogP contribution in [-0.4, -0.2) is 22.3 Å². The summed E-state index contributed by atoms with van der Waals surface area (Å²) in [6, 6.07) is 1.82. The van der Waals surface area contributed by atoms with Gasteiger partial charge in [0.25, 0.3) is 5.56 Å². The van der Waals surface area contributed by atoms with Crippen LogP contribution in [0.3, 0.4) is 0 Å². The molecule has 4 nitrogen and oxygen atoms in total. The van der Waals surface area contributed by atoms with E-state index in [1.807, 2.05) is 11.4 Å². The molecule has 3 rings (SSSR count). The monoisotopic (exact) mass is 208 g/mol. The van der Waals surface area contributed by atoms with Gasteiger partial charge in [-0.25, -0.2) is 4.98 Å². The molecule has 0 radical (unpaired) electrons.